The van der Waals surface area contributed by atoms with Crippen molar-refractivity contribution in [3.8, 4) is 24.3 Å². The van der Waals surface area contributed by atoms with Gasteiger partial charge in [-0.05, 0) is 13.8 Å². The highest BCUT2D eigenvalue weighted by molar-refractivity contribution is 6.22. The molecule has 0 heterocycles. The van der Waals surface area contributed by atoms with Crippen LogP contribution < -0.4 is 0 Å². The van der Waals surface area contributed by atoms with E-state index in [-0.39, 0.29) is 0 Å². The molecule has 0 N–H and O–H groups in total. The minimum Gasteiger partial charge on any atom is -0.291 e. The van der Waals surface area contributed by atoms with Gasteiger partial charge in [-0.25, -0.2) is 0 Å². The smallest absolute Gasteiger partial charge is 0.196 e. The molecule has 6 heteroatoms. The zero-order valence-corrected chi connectivity index (χ0v) is 9.61. The van der Waals surface area contributed by atoms with Gasteiger partial charge in [0, 0.05) is 0 Å². The third-order valence-electron chi connectivity index (χ3n) is 3.28. The van der Waals surface area contributed by atoms with E-state index in [0.717, 1.165) is 13.8 Å². The predicted molar refractivity (Wildman–Crippen MR) is 55.7 cm³/mol. The summed E-state index contributed by atoms with van der Waals surface area (Å²) in [6, 6.07) is 6.17. The maximum atomic E-state index is 12.0. The van der Waals surface area contributed by atoms with Crippen LogP contribution in [0.15, 0.2) is 11.1 Å². The van der Waals surface area contributed by atoms with Crippen LogP contribution in [0.1, 0.15) is 13.8 Å². The van der Waals surface area contributed by atoms with Crippen LogP contribution in [0, 0.1) is 56.2 Å². The molecule has 6 nitrogen and oxygen atoms in total. The molecule has 0 aliphatic heterocycles. The Morgan fingerprint density at radius 1 is 0.778 bits per heavy atom. The van der Waals surface area contributed by atoms with E-state index < -0.39 is 33.5 Å². The van der Waals surface area contributed by atoms with Crippen LogP contribution in [0.4, 0.5) is 0 Å². The van der Waals surface area contributed by atoms with Gasteiger partial charge >= 0.3 is 0 Å². The van der Waals surface area contributed by atoms with Gasteiger partial charge in [0.15, 0.2) is 11.6 Å². The van der Waals surface area contributed by atoms with Crippen molar-refractivity contribution in [1.82, 2.24) is 0 Å². The summed E-state index contributed by atoms with van der Waals surface area (Å²) >= 11 is 0. The van der Waals surface area contributed by atoms with Crippen molar-refractivity contribution in [1.29, 1.82) is 21.0 Å². The standard InChI is InChI=1S/C12H6N4O2/c1-11(5-15)9(17)7(3-13)8(4-14)10(18)12(11,2)6-16/h1-2H3. The second kappa shape index (κ2) is 3.81. The number of carbonyl (C=O) groups excluding carboxylic acids is 2. The average Bonchev–Trinajstić information content (AvgIpc) is 2.39. The van der Waals surface area contributed by atoms with E-state index in [4.69, 9.17) is 21.0 Å². The first-order chi connectivity index (χ1) is 8.33. The molecule has 2 unspecified atom stereocenters. The Balaban J connectivity index is 3.86. The molecule has 0 aromatic heterocycles. The SMILES string of the molecule is CC1(C#N)C(=O)C(C#N)=C(C#N)C(=O)C1(C)C#N. The van der Waals surface area contributed by atoms with Crippen molar-refractivity contribution in [3.05, 3.63) is 11.1 Å². The number of carbonyl (C=O) groups is 2. The minimum atomic E-state index is -1.97. The molecule has 1 aliphatic carbocycles. The lowest BCUT2D eigenvalue weighted by Gasteiger charge is -2.36. The number of nitriles is 4. The fraction of sp³-hybridized carbons (Fsp3) is 0.333. The summed E-state index contributed by atoms with van der Waals surface area (Å²) in [4.78, 5) is 24.1. The molecule has 0 saturated heterocycles. The van der Waals surface area contributed by atoms with E-state index in [2.05, 4.69) is 0 Å². The normalized spacial score (nSPS) is 31.0. The van der Waals surface area contributed by atoms with Gasteiger partial charge < -0.3 is 0 Å². The fourth-order valence-electron chi connectivity index (χ4n) is 1.72. The van der Waals surface area contributed by atoms with Gasteiger partial charge in [0.1, 0.15) is 34.1 Å². The Bertz CT molecular complexity index is 604. The zero-order valence-electron chi connectivity index (χ0n) is 9.61. The highest BCUT2D eigenvalue weighted by Gasteiger charge is 2.61. The summed E-state index contributed by atoms with van der Waals surface area (Å²) in [6.45, 7) is 2.25. The van der Waals surface area contributed by atoms with Gasteiger partial charge in [-0.3, -0.25) is 9.59 Å². The molecule has 0 aromatic carbocycles. The van der Waals surface area contributed by atoms with Gasteiger partial charge in [-0.1, -0.05) is 0 Å². The summed E-state index contributed by atoms with van der Waals surface area (Å²) in [6.07, 6.45) is 0. The molecular weight excluding hydrogens is 232 g/mol. The van der Waals surface area contributed by atoms with Gasteiger partial charge in [-0.15, -0.1) is 0 Å². The molecule has 18 heavy (non-hydrogen) atoms. The monoisotopic (exact) mass is 238 g/mol. The Hall–Kier alpha value is -2.96. The van der Waals surface area contributed by atoms with Crippen molar-refractivity contribution >= 4 is 11.6 Å². The van der Waals surface area contributed by atoms with Crippen molar-refractivity contribution < 1.29 is 9.59 Å². The predicted octanol–water partition coefficient (Wildman–Crippen LogP) is 0.542. The fourth-order valence-corrected chi connectivity index (χ4v) is 1.72. The number of hydrogen-bond donors (Lipinski definition) is 0. The van der Waals surface area contributed by atoms with Gasteiger partial charge in [0.2, 0.25) is 0 Å². The number of ketones is 2. The van der Waals surface area contributed by atoms with Crippen LogP contribution in [0.3, 0.4) is 0 Å². The van der Waals surface area contributed by atoms with Crippen LogP contribution in [0.2, 0.25) is 0 Å². The summed E-state index contributed by atoms with van der Waals surface area (Å²) in [5.41, 5.74) is -5.24. The van der Waals surface area contributed by atoms with Crippen molar-refractivity contribution in [2.24, 2.45) is 10.8 Å². The molecule has 1 rings (SSSR count). The highest BCUT2D eigenvalue weighted by atomic mass is 16.1. The molecule has 0 bridgehead atoms. The highest BCUT2D eigenvalue weighted by Crippen LogP contribution is 2.47. The van der Waals surface area contributed by atoms with Gasteiger partial charge in [-0.2, -0.15) is 21.0 Å². The Kier molecular flexibility index (Phi) is 2.77. The summed E-state index contributed by atoms with van der Waals surface area (Å²) in [5, 5.41) is 35.8. The third kappa shape index (κ3) is 1.18. The number of Topliss-reactive ketones (excluding diaryl/α,β-unsaturated/α-hetero) is 2. The number of allylic oxidation sites excluding steroid dienone is 2. The molecule has 2 atom stereocenters. The molecular formula is C12H6N4O2. The number of nitrogens with zero attached hydrogens (tertiary/aromatic N) is 4. The van der Waals surface area contributed by atoms with E-state index >= 15 is 0 Å². The number of hydrogen-bond acceptors (Lipinski definition) is 6. The Morgan fingerprint density at radius 2 is 1.06 bits per heavy atom. The van der Waals surface area contributed by atoms with Crippen molar-refractivity contribution in [3.63, 3.8) is 0 Å². The number of rotatable bonds is 0. The Morgan fingerprint density at radius 3 is 1.22 bits per heavy atom. The van der Waals surface area contributed by atoms with Crippen LogP contribution >= 0.6 is 0 Å². The third-order valence-corrected chi connectivity index (χ3v) is 3.28. The van der Waals surface area contributed by atoms with Crippen LogP contribution in [-0.2, 0) is 9.59 Å². The quantitative estimate of drug-likeness (QED) is 0.605. The molecule has 0 radical (unpaired) electrons. The molecule has 0 saturated carbocycles. The molecule has 0 spiro atoms. The first-order valence-electron chi connectivity index (χ1n) is 4.80. The molecule has 0 aromatic rings. The first kappa shape index (κ1) is 13.1. The lowest BCUT2D eigenvalue weighted by Crippen LogP contribution is -2.52. The van der Waals surface area contributed by atoms with E-state index in [1.54, 1.807) is 12.1 Å². The maximum absolute atomic E-state index is 12.0. The lowest BCUT2D eigenvalue weighted by molar-refractivity contribution is -0.136. The van der Waals surface area contributed by atoms with Gasteiger partial charge in [0.05, 0.1) is 12.1 Å². The summed E-state index contributed by atoms with van der Waals surface area (Å²) < 4.78 is 0. The lowest BCUT2D eigenvalue weighted by atomic mass is 9.56. The van der Waals surface area contributed by atoms with Crippen LogP contribution in [0.5, 0.6) is 0 Å². The van der Waals surface area contributed by atoms with Crippen molar-refractivity contribution in [2.45, 2.75) is 13.8 Å². The topological polar surface area (TPSA) is 129 Å². The van der Waals surface area contributed by atoms with E-state index in [9.17, 15) is 9.59 Å². The van der Waals surface area contributed by atoms with Crippen molar-refractivity contribution in [2.75, 3.05) is 0 Å². The minimum absolute atomic E-state index is 0.653. The van der Waals surface area contributed by atoms with E-state index in [1.807, 2.05) is 0 Å². The molecule has 0 fully saturated rings. The largest absolute Gasteiger partial charge is 0.291 e. The Labute approximate surface area is 103 Å². The second-order valence-electron chi connectivity index (χ2n) is 4.11. The first-order valence-corrected chi connectivity index (χ1v) is 4.80. The molecule has 86 valence electrons. The maximum Gasteiger partial charge on any atom is 0.196 e. The van der Waals surface area contributed by atoms with Gasteiger partial charge in [0.25, 0.3) is 0 Å². The summed E-state index contributed by atoms with van der Waals surface area (Å²) in [5.74, 6) is -1.93. The summed E-state index contributed by atoms with van der Waals surface area (Å²) in [7, 11) is 0. The molecule has 1 aliphatic rings. The molecule has 0 amide bonds. The van der Waals surface area contributed by atoms with E-state index in [0.29, 0.717) is 0 Å². The average molecular weight is 238 g/mol. The second-order valence-corrected chi connectivity index (χ2v) is 4.11. The zero-order chi connectivity index (χ0) is 14.1. The van der Waals surface area contributed by atoms with Crippen LogP contribution in [0.25, 0.3) is 0 Å². The van der Waals surface area contributed by atoms with Crippen LogP contribution in [-0.4, -0.2) is 11.6 Å². The van der Waals surface area contributed by atoms with E-state index in [1.165, 1.54) is 12.1 Å².